The minimum Gasteiger partial charge on any atom is -0.490 e. The van der Waals surface area contributed by atoms with Gasteiger partial charge >= 0.3 is 35.8 Å². The van der Waals surface area contributed by atoms with Crippen LogP contribution in [0.25, 0.3) is 0 Å². The third-order valence-corrected chi connectivity index (χ3v) is 25.7. The van der Waals surface area contributed by atoms with Gasteiger partial charge in [0.15, 0.2) is 17.3 Å². The first-order chi connectivity index (χ1) is 52.8. The average Bonchev–Trinajstić information content (AvgIpc) is 0.759. The topological polar surface area (TPSA) is 276 Å². The van der Waals surface area contributed by atoms with Crippen molar-refractivity contribution in [3.05, 3.63) is 252 Å². The van der Waals surface area contributed by atoms with E-state index < -0.39 is 133 Å². The van der Waals surface area contributed by atoms with E-state index in [1.54, 1.807) is 37.6 Å². The number of ketones is 3. The summed E-state index contributed by atoms with van der Waals surface area (Å²) in [6, 6.07) is 20.7. The first-order valence-corrected chi connectivity index (χ1v) is 36.8. The maximum Gasteiger partial charge on any atom is 0.346 e. The Morgan fingerprint density at radius 2 is 0.766 bits per heavy atom. The van der Waals surface area contributed by atoms with Gasteiger partial charge in [0.05, 0.1) is 111 Å². The van der Waals surface area contributed by atoms with Crippen LogP contribution in [-0.2, 0) is 71.4 Å². The van der Waals surface area contributed by atoms with Gasteiger partial charge in [-0.05, 0) is 181 Å². The van der Waals surface area contributed by atoms with Crippen molar-refractivity contribution in [1.82, 2.24) is 0 Å². The fourth-order valence-electron chi connectivity index (χ4n) is 20.5. The average molecular weight is 1530 g/mol. The monoisotopic (exact) mass is 1520 g/mol. The third kappa shape index (κ3) is 13.8. The molecule has 0 amide bonds. The lowest BCUT2D eigenvalue weighted by molar-refractivity contribution is -0.176. The number of methoxy groups -OCH3 is 3. The first kappa shape index (κ1) is 78.1. The Kier molecular flexibility index (Phi) is 21.1. The molecule has 3 aromatic heterocycles. The second-order valence-corrected chi connectivity index (χ2v) is 32.0. The van der Waals surface area contributed by atoms with Crippen LogP contribution in [0.5, 0.6) is 0 Å². The van der Waals surface area contributed by atoms with Crippen molar-refractivity contribution < 1.29 is 112 Å². The van der Waals surface area contributed by atoms with E-state index in [2.05, 4.69) is 19.7 Å². The summed E-state index contributed by atoms with van der Waals surface area (Å²) in [5.41, 5.74) is -2.15. The molecule has 6 aromatic rings. The molecule has 0 N–H and O–H groups in total. The number of hydrogen-bond donors (Lipinski definition) is 0. The van der Waals surface area contributed by atoms with Crippen LogP contribution in [0.2, 0.25) is 0 Å². The minimum absolute atomic E-state index is 0.0381. The Labute approximate surface area is 639 Å². The molecule has 24 heteroatoms. The summed E-state index contributed by atoms with van der Waals surface area (Å²) in [6.07, 6.45) is 17.6. The van der Waals surface area contributed by atoms with Crippen LogP contribution in [0.1, 0.15) is 165 Å². The molecule has 3 saturated carbocycles. The van der Waals surface area contributed by atoms with Crippen molar-refractivity contribution in [2.75, 3.05) is 21.3 Å². The molecule has 15 rings (SSSR count). The zero-order valence-corrected chi connectivity index (χ0v) is 63.0. The zero-order valence-electron chi connectivity index (χ0n) is 63.0. The molecule has 3 saturated heterocycles. The number of furan rings is 3. The molecule has 3 aliphatic heterocycles. The van der Waals surface area contributed by atoms with Gasteiger partial charge in [-0.25, -0.2) is 27.6 Å². The van der Waals surface area contributed by atoms with E-state index in [1.807, 2.05) is 59.7 Å². The number of Topliss-reactive ketones (excluding diaryl/α,β-unsaturated/α-hetero) is 3. The van der Waals surface area contributed by atoms with Crippen molar-refractivity contribution in [2.45, 2.75) is 118 Å². The van der Waals surface area contributed by atoms with Crippen LogP contribution < -0.4 is 0 Å². The van der Waals surface area contributed by atoms with E-state index in [0.29, 0.717) is 75.1 Å². The number of carbonyl (C=O) groups excluding carboxylic acids is 9. The highest BCUT2D eigenvalue weighted by molar-refractivity contribution is 6.05. The molecule has 0 spiro atoms. The fraction of sp³-hybridized carbons (Fsp3) is 0.414. The first-order valence-electron chi connectivity index (χ1n) is 36.8. The Morgan fingerprint density at radius 3 is 1.10 bits per heavy atom. The van der Waals surface area contributed by atoms with Crippen molar-refractivity contribution in [3.8, 4) is 0 Å². The smallest absolute Gasteiger partial charge is 0.346 e. The van der Waals surface area contributed by atoms with Crippen LogP contribution in [0.3, 0.4) is 0 Å². The molecule has 6 heterocycles. The molecule has 0 unspecified atom stereocenters. The Balaban J connectivity index is 0.000000146. The van der Waals surface area contributed by atoms with Gasteiger partial charge < -0.3 is 55.9 Å². The standard InChI is InChI=1S/3C29H29FO7/c1-16-20-9-11-28(2)21(27(33)34-4)13-22(37-26(32)17-5-7-19(30)8-6-17)24(31)25(28)29(20,3)14-23(36-16)18-10-12-35-15-18;1-16-20-8-10-28(2)21(27(33)34-4)13-22(37-26(32)17-6-5-7-19(30)12-17)24(31)25(28)29(20,3)14-23(36-16)18-9-11-35-15-18;1-16-19-9-11-28(2)20(27(33)34-4)13-22(37-26(32)18-7-5-6-8-21(18)30)24(31)25(28)29(19,3)14-23(36-16)17-10-12-35-15-17/h5-8,10,12-13,15,20-21,23,25H,1,9,11,14H2,2-4H3;5-7,9,11-13,15,20-21,23,25H,1,8,10,14H2,2-4H3;5-8,10,12-13,15,19-20,23,25H,1,9,11,14H2,2-4H3/t2*20-,21-,23-,25-,28-,29-;19-,20-,23-,25-,28-,29-/m000/s1. The van der Waals surface area contributed by atoms with Gasteiger partial charge in [0.2, 0.25) is 17.3 Å². The number of fused-ring (bicyclic) bond motifs is 9. The van der Waals surface area contributed by atoms with Gasteiger partial charge in [0, 0.05) is 52.2 Å². The quantitative estimate of drug-likeness (QED) is 0.0813. The van der Waals surface area contributed by atoms with Crippen molar-refractivity contribution >= 4 is 53.2 Å². The number of benzene rings is 3. The molecule has 111 heavy (non-hydrogen) atoms. The molecule has 6 fully saturated rings. The van der Waals surface area contributed by atoms with Gasteiger partial charge in [0.25, 0.3) is 0 Å². The molecule has 21 nitrogen and oxygen atoms in total. The van der Waals surface area contributed by atoms with E-state index >= 15 is 0 Å². The second-order valence-electron chi connectivity index (χ2n) is 32.0. The lowest BCUT2D eigenvalue weighted by atomic mass is 9.44. The normalized spacial score (nSPS) is 32.9. The molecule has 0 radical (unpaired) electrons. The van der Waals surface area contributed by atoms with Crippen LogP contribution >= 0.6 is 0 Å². The molecular formula is C87H87F3O21. The van der Waals surface area contributed by atoms with E-state index in [-0.39, 0.29) is 75.5 Å². The number of ether oxygens (including phenoxy) is 9. The summed E-state index contributed by atoms with van der Waals surface area (Å²) in [5.74, 6) is -11.2. The maximum absolute atomic E-state index is 14.3. The molecular weight excluding hydrogens is 1440 g/mol. The molecule has 0 bridgehead atoms. The highest BCUT2D eigenvalue weighted by Gasteiger charge is 2.69. The highest BCUT2D eigenvalue weighted by Crippen LogP contribution is 2.70. The predicted octanol–water partition coefficient (Wildman–Crippen LogP) is 16.6. The van der Waals surface area contributed by atoms with E-state index in [9.17, 15) is 56.3 Å². The van der Waals surface area contributed by atoms with Crippen LogP contribution in [0.15, 0.2) is 214 Å². The molecule has 9 aliphatic rings. The maximum atomic E-state index is 14.3. The molecule has 3 aromatic carbocycles. The summed E-state index contributed by atoms with van der Waals surface area (Å²) in [4.78, 5) is 120. The molecule has 6 aliphatic carbocycles. The van der Waals surface area contributed by atoms with Crippen LogP contribution in [-0.4, -0.2) is 74.5 Å². The van der Waals surface area contributed by atoms with E-state index in [1.165, 1.54) is 88.1 Å². The predicted molar refractivity (Wildman–Crippen MR) is 387 cm³/mol. The number of hydrogen-bond acceptors (Lipinski definition) is 21. The lowest BCUT2D eigenvalue weighted by Gasteiger charge is -2.60. The Morgan fingerprint density at radius 1 is 0.414 bits per heavy atom. The summed E-state index contributed by atoms with van der Waals surface area (Å²) in [6.45, 7) is 24.4. The Bertz CT molecular complexity index is 4820. The van der Waals surface area contributed by atoms with Gasteiger partial charge in [0.1, 0.15) is 35.8 Å². The van der Waals surface area contributed by atoms with Crippen molar-refractivity contribution in [2.24, 2.45) is 85.8 Å². The summed E-state index contributed by atoms with van der Waals surface area (Å²) in [7, 11) is 3.88. The van der Waals surface area contributed by atoms with Crippen molar-refractivity contribution in [3.63, 3.8) is 0 Å². The number of rotatable bonds is 12. The van der Waals surface area contributed by atoms with Gasteiger partial charge in [-0.1, -0.05) is 79.5 Å². The van der Waals surface area contributed by atoms with Crippen LogP contribution in [0.4, 0.5) is 13.2 Å². The second kappa shape index (κ2) is 30.0. The van der Waals surface area contributed by atoms with Gasteiger partial charge in [-0.3, -0.25) is 28.8 Å². The third-order valence-electron chi connectivity index (χ3n) is 25.7. The number of allylic oxidation sites excluding steroid dienone is 6. The summed E-state index contributed by atoms with van der Waals surface area (Å²) >= 11 is 0. The number of esters is 6. The van der Waals surface area contributed by atoms with E-state index in [0.717, 1.165) is 41.0 Å². The summed E-state index contributed by atoms with van der Waals surface area (Å²) < 4.78 is 108. The van der Waals surface area contributed by atoms with E-state index in [4.69, 9.17) is 55.9 Å². The van der Waals surface area contributed by atoms with Crippen molar-refractivity contribution in [1.29, 1.82) is 0 Å². The highest BCUT2D eigenvalue weighted by atomic mass is 19.1. The van der Waals surface area contributed by atoms with Gasteiger partial charge in [-0.15, -0.1) is 0 Å². The zero-order chi connectivity index (χ0) is 79.6. The molecule has 18 atom stereocenters. The summed E-state index contributed by atoms with van der Waals surface area (Å²) in [5, 5.41) is 0. The Hall–Kier alpha value is -11.0. The number of halogens is 3. The fourth-order valence-corrected chi connectivity index (χ4v) is 20.5. The lowest BCUT2D eigenvalue weighted by Crippen LogP contribution is -2.60. The largest absolute Gasteiger partial charge is 0.490 e. The minimum atomic E-state index is -1.00. The van der Waals surface area contributed by atoms with Crippen LogP contribution in [0, 0.1) is 103 Å². The molecule has 582 valence electrons. The number of carbonyl (C=O) groups is 9. The van der Waals surface area contributed by atoms with Gasteiger partial charge in [-0.2, -0.15) is 0 Å². The SMILES string of the molecule is C=C1O[C@H](c2ccoc2)C[C@]2(C)[C@H]3C(=O)C(OC(=O)c4ccc(F)cc4)=C[C@@H](C(=O)OC)[C@]3(C)CC[C@@H]12.C=C1O[C@H](c2ccoc2)C[C@]2(C)[C@H]3C(=O)C(OC(=O)c4cccc(F)c4)=C[C@@H](C(=O)OC)[C@]3(C)CC[C@@H]12.C=C1O[C@H](c2ccoc2)C[C@]2(C)[C@H]3C(=O)C(OC(=O)c4ccccc4F)=C[C@@H](C(=O)OC)[C@]3(C)CC[C@@H]12.